The first-order valence-electron chi connectivity index (χ1n) is 18.2. The average molecular weight is 691 g/mol. The van der Waals surface area contributed by atoms with Crippen LogP contribution in [0.5, 0.6) is 0 Å². The molecule has 0 aliphatic carbocycles. The number of pyridine rings is 1. The molecule has 0 fully saturated rings. The fourth-order valence-electron chi connectivity index (χ4n) is 8.33. The van der Waals surface area contributed by atoms with Crippen molar-refractivity contribution >= 4 is 49.3 Å². The molecule has 3 heterocycles. The molecule has 54 heavy (non-hydrogen) atoms. The number of para-hydroxylation sites is 3. The molecule has 0 atom stereocenters. The molecule has 3 aromatic heterocycles. The number of hydrogen-bond donors (Lipinski definition) is 0. The first-order valence-corrected chi connectivity index (χ1v) is 18.2. The molecule has 0 aliphatic rings. The van der Waals surface area contributed by atoms with Gasteiger partial charge in [0.25, 0.3) is 0 Å². The summed E-state index contributed by atoms with van der Waals surface area (Å²) in [5, 5.41) is 4.69. The van der Waals surface area contributed by atoms with Crippen molar-refractivity contribution < 1.29 is 0 Å². The third-order valence-corrected chi connectivity index (χ3v) is 10.9. The number of nitrogens with zero attached hydrogens (tertiary/aromatic N) is 4. The molecule has 0 bridgehead atoms. The van der Waals surface area contributed by atoms with Crippen LogP contribution >= 0.6 is 0 Å². The first kappa shape index (κ1) is 31.5. The normalized spacial score (nSPS) is 11.5. The SMILES string of the molecule is [C-]#[N+]c1ccccc1-c1cc(-n2c3ccccc3c3cc(-c4ccccc4C)ccc32)ncc1-n1c2ccccc2c2cc(-c3ccccc3C)ccc21. The molecular weight excluding hydrogens is 657 g/mol. The van der Waals surface area contributed by atoms with Crippen LogP contribution in [0.3, 0.4) is 0 Å². The molecule has 254 valence electrons. The summed E-state index contributed by atoms with van der Waals surface area (Å²) in [6, 6.07) is 57.8. The quantitative estimate of drug-likeness (QED) is 0.165. The van der Waals surface area contributed by atoms with Crippen molar-refractivity contribution in [2.75, 3.05) is 0 Å². The van der Waals surface area contributed by atoms with Gasteiger partial charge >= 0.3 is 0 Å². The zero-order valence-electron chi connectivity index (χ0n) is 30.0. The van der Waals surface area contributed by atoms with E-state index in [2.05, 4.69) is 173 Å². The van der Waals surface area contributed by atoms with Gasteiger partial charge in [0.2, 0.25) is 0 Å². The highest BCUT2D eigenvalue weighted by molar-refractivity contribution is 6.12. The summed E-state index contributed by atoms with van der Waals surface area (Å²) in [6.45, 7) is 12.5. The largest absolute Gasteiger partial charge is 0.307 e. The Bertz CT molecular complexity index is 3150. The average Bonchev–Trinajstić information content (AvgIpc) is 3.73. The van der Waals surface area contributed by atoms with Gasteiger partial charge in [-0.3, -0.25) is 4.57 Å². The van der Waals surface area contributed by atoms with Gasteiger partial charge in [0.05, 0.1) is 40.5 Å². The van der Waals surface area contributed by atoms with Crippen molar-refractivity contribution in [1.29, 1.82) is 0 Å². The summed E-state index contributed by atoms with van der Waals surface area (Å²) in [7, 11) is 0. The van der Waals surface area contributed by atoms with E-state index in [1.54, 1.807) is 0 Å². The number of hydrogen-bond acceptors (Lipinski definition) is 1. The topological polar surface area (TPSA) is 27.1 Å². The van der Waals surface area contributed by atoms with Crippen molar-refractivity contribution in [2.24, 2.45) is 0 Å². The highest BCUT2D eigenvalue weighted by Gasteiger charge is 2.21. The molecule has 0 unspecified atom stereocenters. The van der Waals surface area contributed by atoms with Crippen molar-refractivity contribution in [3.63, 3.8) is 0 Å². The van der Waals surface area contributed by atoms with Crippen LogP contribution in [-0.2, 0) is 0 Å². The Balaban J connectivity index is 1.24. The summed E-state index contributed by atoms with van der Waals surface area (Å²) in [4.78, 5) is 9.27. The van der Waals surface area contributed by atoms with Gasteiger partial charge in [0, 0.05) is 27.1 Å². The minimum absolute atomic E-state index is 0.601. The van der Waals surface area contributed by atoms with Crippen LogP contribution in [0.4, 0.5) is 5.69 Å². The van der Waals surface area contributed by atoms with Crippen molar-refractivity contribution in [3.8, 4) is 44.9 Å². The predicted molar refractivity (Wildman–Crippen MR) is 225 cm³/mol. The van der Waals surface area contributed by atoms with E-state index in [0.29, 0.717) is 5.69 Å². The number of aromatic nitrogens is 3. The van der Waals surface area contributed by atoms with E-state index in [9.17, 15) is 0 Å². The van der Waals surface area contributed by atoms with E-state index < -0.39 is 0 Å². The van der Waals surface area contributed by atoms with Gasteiger partial charge in [-0.05, 0) is 95.3 Å². The first-order chi connectivity index (χ1) is 26.6. The molecule has 4 nitrogen and oxygen atoms in total. The molecular formula is C50H34N4. The highest BCUT2D eigenvalue weighted by Crippen LogP contribution is 2.42. The van der Waals surface area contributed by atoms with Crippen LogP contribution in [0.15, 0.2) is 170 Å². The lowest BCUT2D eigenvalue weighted by Crippen LogP contribution is -2.03. The maximum Gasteiger partial charge on any atom is 0.194 e. The Kier molecular flexibility index (Phi) is 7.28. The molecule has 0 saturated heterocycles. The fourth-order valence-corrected chi connectivity index (χ4v) is 8.33. The van der Waals surface area contributed by atoms with E-state index in [-0.39, 0.29) is 0 Å². The van der Waals surface area contributed by atoms with E-state index >= 15 is 0 Å². The lowest BCUT2D eigenvalue weighted by Gasteiger charge is -2.17. The van der Waals surface area contributed by atoms with Crippen molar-refractivity contribution in [1.82, 2.24) is 14.1 Å². The van der Waals surface area contributed by atoms with Crippen LogP contribution in [0.1, 0.15) is 11.1 Å². The van der Waals surface area contributed by atoms with E-state index in [0.717, 1.165) is 44.7 Å². The number of aryl methyl sites for hydroxylation is 2. The van der Waals surface area contributed by atoms with Crippen LogP contribution < -0.4 is 0 Å². The molecule has 10 rings (SSSR count). The lowest BCUT2D eigenvalue weighted by molar-refractivity contribution is 1.06. The fraction of sp³-hybridized carbons (Fsp3) is 0.0400. The van der Waals surface area contributed by atoms with Gasteiger partial charge < -0.3 is 4.57 Å². The second-order valence-electron chi connectivity index (χ2n) is 14.0. The van der Waals surface area contributed by atoms with Gasteiger partial charge in [-0.2, -0.15) is 0 Å². The Morgan fingerprint density at radius 2 is 0.926 bits per heavy atom. The molecule has 0 aliphatic heterocycles. The summed E-state index contributed by atoms with van der Waals surface area (Å²) >= 11 is 0. The second-order valence-corrected chi connectivity index (χ2v) is 14.0. The summed E-state index contributed by atoms with van der Waals surface area (Å²) in [5.74, 6) is 0.797. The van der Waals surface area contributed by atoms with E-state index in [1.165, 1.54) is 54.9 Å². The molecule has 7 aromatic carbocycles. The molecule has 0 N–H and O–H groups in total. The van der Waals surface area contributed by atoms with Crippen LogP contribution in [0.2, 0.25) is 0 Å². The summed E-state index contributed by atoms with van der Waals surface area (Å²) < 4.78 is 4.58. The van der Waals surface area contributed by atoms with Gasteiger partial charge in [0.15, 0.2) is 5.69 Å². The summed E-state index contributed by atoms with van der Waals surface area (Å²) in [5.41, 5.74) is 15.0. The monoisotopic (exact) mass is 690 g/mol. The Hall–Kier alpha value is -7.22. The van der Waals surface area contributed by atoms with Gasteiger partial charge in [-0.15, -0.1) is 0 Å². The van der Waals surface area contributed by atoms with Crippen molar-refractivity contribution in [2.45, 2.75) is 13.8 Å². The smallest absolute Gasteiger partial charge is 0.194 e. The minimum Gasteiger partial charge on any atom is -0.307 e. The number of rotatable bonds is 5. The molecule has 0 amide bonds. The van der Waals surface area contributed by atoms with Crippen LogP contribution in [0, 0.1) is 20.4 Å². The maximum atomic E-state index is 8.18. The van der Waals surface area contributed by atoms with Crippen LogP contribution in [-0.4, -0.2) is 14.1 Å². The third-order valence-electron chi connectivity index (χ3n) is 10.9. The highest BCUT2D eigenvalue weighted by atomic mass is 15.1. The van der Waals surface area contributed by atoms with Crippen LogP contribution in [0.25, 0.3) is 93.3 Å². The molecule has 4 heteroatoms. The minimum atomic E-state index is 0.601. The molecule has 0 radical (unpaired) electrons. The van der Waals surface area contributed by atoms with Gasteiger partial charge in [-0.25, -0.2) is 9.83 Å². The maximum absolute atomic E-state index is 8.18. The van der Waals surface area contributed by atoms with E-state index in [1.807, 2.05) is 24.4 Å². The van der Waals surface area contributed by atoms with Crippen molar-refractivity contribution in [3.05, 3.63) is 193 Å². The van der Waals surface area contributed by atoms with Gasteiger partial charge in [0.1, 0.15) is 5.82 Å². The Morgan fingerprint density at radius 3 is 1.52 bits per heavy atom. The molecule has 0 saturated carbocycles. The Morgan fingerprint density at radius 1 is 0.444 bits per heavy atom. The number of benzene rings is 7. The molecule has 0 spiro atoms. The zero-order chi connectivity index (χ0) is 36.3. The standard InChI is InChI=1S/C50H34N4/c1-32-14-4-6-16-36(32)34-24-26-47-41(28-34)39-19-9-12-22-45(39)53(47)49-31-52-50(30-43(49)38-18-8-11-21-44(38)51-3)54-46-23-13-10-20-40(46)42-29-35(25-27-48(42)54)37-17-7-5-15-33(37)2/h4-31H,1-2H3. The molecule has 10 aromatic rings. The number of fused-ring (bicyclic) bond motifs is 6. The second kappa shape index (κ2) is 12.5. The summed E-state index contributed by atoms with van der Waals surface area (Å²) in [6.07, 6.45) is 1.99. The third kappa shape index (κ3) is 4.87. The predicted octanol–water partition coefficient (Wildman–Crippen LogP) is 13.4. The van der Waals surface area contributed by atoms with E-state index in [4.69, 9.17) is 11.6 Å². The zero-order valence-corrected chi connectivity index (χ0v) is 30.0. The van der Waals surface area contributed by atoms with Gasteiger partial charge in [-0.1, -0.05) is 121 Å². The Labute approximate surface area is 313 Å². The lowest BCUT2D eigenvalue weighted by atomic mass is 9.99.